The molecule has 0 aliphatic carbocycles. The molecule has 8 heteroatoms. The van der Waals surface area contributed by atoms with E-state index in [0.717, 1.165) is 39.0 Å². The summed E-state index contributed by atoms with van der Waals surface area (Å²) in [6, 6.07) is 21.9. The number of nitrogens with zero attached hydrogens (tertiary/aromatic N) is 3. The number of carbonyl (C=O) groups excluding carboxylic acids is 1. The molecule has 0 aliphatic rings. The minimum Gasteiger partial charge on any atom is -0.494 e. The van der Waals surface area contributed by atoms with Crippen molar-refractivity contribution in [3.05, 3.63) is 105 Å². The Bertz CT molecular complexity index is 1370. The Morgan fingerprint density at radius 2 is 1.74 bits per heavy atom. The average molecular weight is 471 g/mol. The second-order valence-electron chi connectivity index (χ2n) is 8.07. The van der Waals surface area contributed by atoms with Crippen molar-refractivity contribution >= 4 is 28.7 Å². The van der Waals surface area contributed by atoms with Crippen LogP contribution in [-0.4, -0.2) is 28.2 Å². The van der Waals surface area contributed by atoms with Crippen molar-refractivity contribution in [1.82, 2.24) is 9.99 Å². The normalized spacial score (nSPS) is 11.1. The summed E-state index contributed by atoms with van der Waals surface area (Å²) in [6.45, 7) is 5.07. The molecule has 1 N–H and O–H groups in total. The number of benzene rings is 3. The first-order valence-electron chi connectivity index (χ1n) is 11.3. The maximum absolute atomic E-state index is 12.4. The predicted molar refractivity (Wildman–Crippen MR) is 136 cm³/mol. The fourth-order valence-electron chi connectivity index (χ4n) is 3.99. The lowest BCUT2D eigenvalue weighted by molar-refractivity contribution is -0.384. The van der Waals surface area contributed by atoms with E-state index in [0.29, 0.717) is 13.2 Å². The third kappa shape index (κ3) is 5.55. The topological polar surface area (TPSA) is 98.8 Å². The van der Waals surface area contributed by atoms with Gasteiger partial charge in [0.1, 0.15) is 5.75 Å². The molecule has 1 heterocycles. The molecule has 0 saturated carbocycles. The molecular weight excluding hydrogens is 444 g/mol. The summed E-state index contributed by atoms with van der Waals surface area (Å²) in [5, 5.41) is 16.2. The van der Waals surface area contributed by atoms with Gasteiger partial charge in [0.05, 0.1) is 24.2 Å². The van der Waals surface area contributed by atoms with Crippen LogP contribution in [0.25, 0.3) is 10.9 Å². The monoisotopic (exact) mass is 470 g/mol. The smallest absolute Gasteiger partial charge is 0.269 e. The van der Waals surface area contributed by atoms with E-state index in [1.165, 1.54) is 12.1 Å². The molecule has 0 spiro atoms. The van der Waals surface area contributed by atoms with Gasteiger partial charge < -0.3 is 9.30 Å². The van der Waals surface area contributed by atoms with Crippen molar-refractivity contribution in [2.75, 3.05) is 6.61 Å². The molecule has 1 amide bonds. The Balaban J connectivity index is 1.49. The summed E-state index contributed by atoms with van der Waals surface area (Å²) in [4.78, 5) is 22.9. The quantitative estimate of drug-likeness (QED) is 0.211. The van der Waals surface area contributed by atoms with Gasteiger partial charge in [-0.3, -0.25) is 14.9 Å². The number of nitro groups is 1. The zero-order valence-electron chi connectivity index (χ0n) is 19.6. The molecule has 0 fully saturated rings. The van der Waals surface area contributed by atoms with Crippen molar-refractivity contribution in [2.45, 2.75) is 26.8 Å². The van der Waals surface area contributed by atoms with Gasteiger partial charge in [-0.25, -0.2) is 5.43 Å². The maximum Gasteiger partial charge on any atom is 0.269 e. The van der Waals surface area contributed by atoms with Crippen molar-refractivity contribution in [1.29, 1.82) is 0 Å². The van der Waals surface area contributed by atoms with E-state index in [9.17, 15) is 14.9 Å². The number of ether oxygens (including phenoxy) is 1. The molecule has 4 rings (SSSR count). The number of aromatic nitrogens is 1. The molecule has 1 aromatic heterocycles. The van der Waals surface area contributed by atoms with Gasteiger partial charge in [0.25, 0.3) is 5.69 Å². The number of fused-ring (bicyclic) bond motifs is 1. The first-order valence-corrected chi connectivity index (χ1v) is 11.3. The molecule has 0 radical (unpaired) electrons. The van der Waals surface area contributed by atoms with Gasteiger partial charge in [-0.05, 0) is 43.2 Å². The van der Waals surface area contributed by atoms with Crippen molar-refractivity contribution in [3.63, 3.8) is 0 Å². The van der Waals surface area contributed by atoms with E-state index in [4.69, 9.17) is 4.74 Å². The second kappa shape index (κ2) is 10.6. The van der Waals surface area contributed by atoms with E-state index in [-0.39, 0.29) is 18.0 Å². The lowest BCUT2D eigenvalue weighted by Crippen LogP contribution is -2.19. The zero-order valence-corrected chi connectivity index (χ0v) is 19.6. The van der Waals surface area contributed by atoms with E-state index in [2.05, 4.69) is 15.1 Å². The number of hydrazone groups is 1. The largest absolute Gasteiger partial charge is 0.494 e. The lowest BCUT2D eigenvalue weighted by Gasteiger charge is -2.08. The van der Waals surface area contributed by atoms with E-state index >= 15 is 0 Å². The van der Waals surface area contributed by atoms with Crippen molar-refractivity contribution in [2.24, 2.45) is 5.10 Å². The highest BCUT2D eigenvalue weighted by molar-refractivity contribution is 6.01. The van der Waals surface area contributed by atoms with Crippen LogP contribution in [0.2, 0.25) is 0 Å². The summed E-state index contributed by atoms with van der Waals surface area (Å²) in [5.74, 6) is 0.563. The fraction of sp³-hybridized carbons (Fsp3) is 0.185. The van der Waals surface area contributed by atoms with Gasteiger partial charge in [0.2, 0.25) is 5.91 Å². The third-order valence-corrected chi connectivity index (χ3v) is 5.75. The summed E-state index contributed by atoms with van der Waals surface area (Å²) in [5.41, 5.74) is 7.41. The van der Waals surface area contributed by atoms with Crippen molar-refractivity contribution in [3.8, 4) is 5.75 Å². The summed E-state index contributed by atoms with van der Waals surface area (Å²) >= 11 is 0. The number of hydrogen-bond acceptors (Lipinski definition) is 5. The van der Waals surface area contributed by atoms with Crippen LogP contribution in [0.15, 0.2) is 77.9 Å². The number of carbonyl (C=O) groups is 1. The molecule has 4 aromatic rings. The number of amides is 1. The molecule has 35 heavy (non-hydrogen) atoms. The first kappa shape index (κ1) is 23.7. The van der Waals surface area contributed by atoms with E-state index in [1.807, 2.05) is 62.4 Å². The maximum atomic E-state index is 12.4. The van der Waals surface area contributed by atoms with E-state index in [1.54, 1.807) is 18.3 Å². The van der Waals surface area contributed by atoms with Crippen LogP contribution < -0.4 is 10.2 Å². The Morgan fingerprint density at radius 1 is 1.06 bits per heavy atom. The van der Waals surface area contributed by atoms with E-state index < -0.39 is 4.92 Å². The molecular formula is C27H26N4O4. The molecule has 3 aromatic carbocycles. The number of non-ortho nitro benzene ring substituents is 1. The van der Waals surface area contributed by atoms with Gasteiger partial charge in [0.15, 0.2) is 0 Å². The summed E-state index contributed by atoms with van der Waals surface area (Å²) in [7, 11) is 0. The summed E-state index contributed by atoms with van der Waals surface area (Å²) < 4.78 is 7.57. The highest BCUT2D eigenvalue weighted by Crippen LogP contribution is 2.26. The van der Waals surface area contributed by atoms with Gasteiger partial charge in [-0.2, -0.15) is 5.10 Å². The lowest BCUT2D eigenvalue weighted by atomic mass is 10.1. The number of nitro benzene ring substituents is 1. The number of hydrogen-bond donors (Lipinski definition) is 1. The predicted octanol–water partition coefficient (Wildman–Crippen LogP) is 5.00. The van der Waals surface area contributed by atoms with Crippen LogP contribution in [0.4, 0.5) is 5.69 Å². The van der Waals surface area contributed by atoms with Crippen LogP contribution >= 0.6 is 0 Å². The van der Waals surface area contributed by atoms with Crippen LogP contribution in [0.3, 0.4) is 0 Å². The second-order valence-corrected chi connectivity index (χ2v) is 8.07. The Kier molecular flexibility index (Phi) is 7.21. The zero-order chi connectivity index (χ0) is 24.8. The SMILES string of the molecule is CCOc1ccc(CC(=O)N/N=C\c2c(C)n(Cc3ccc([N+](=O)[O-])cc3)c3ccccc23)cc1. The molecule has 0 saturated heterocycles. The van der Waals surface area contributed by atoms with Crippen LogP contribution in [-0.2, 0) is 17.8 Å². The van der Waals surface area contributed by atoms with Gasteiger partial charge in [-0.1, -0.05) is 42.5 Å². The molecule has 8 nitrogen and oxygen atoms in total. The van der Waals surface area contributed by atoms with Crippen molar-refractivity contribution < 1.29 is 14.5 Å². The molecule has 0 unspecified atom stereocenters. The molecule has 0 atom stereocenters. The van der Waals surface area contributed by atoms with Gasteiger partial charge >= 0.3 is 0 Å². The molecule has 0 bridgehead atoms. The highest BCUT2D eigenvalue weighted by atomic mass is 16.6. The van der Waals surface area contributed by atoms with Gasteiger partial charge in [0, 0.05) is 40.8 Å². The number of para-hydroxylation sites is 1. The average Bonchev–Trinajstić information content (AvgIpc) is 3.12. The Labute approximate surface area is 203 Å². The van der Waals surface area contributed by atoms with Crippen LogP contribution in [0, 0.1) is 17.0 Å². The molecule has 178 valence electrons. The van der Waals surface area contributed by atoms with Gasteiger partial charge in [-0.15, -0.1) is 0 Å². The number of rotatable bonds is 9. The highest BCUT2D eigenvalue weighted by Gasteiger charge is 2.14. The fourth-order valence-corrected chi connectivity index (χ4v) is 3.99. The Hall–Kier alpha value is -4.46. The standard InChI is InChI=1S/C27H26N4O4/c1-3-35-23-14-10-20(11-15-23)16-27(32)29-28-17-25-19(2)30(26-7-5-4-6-24(25)26)18-21-8-12-22(13-9-21)31(33)34/h4-15,17H,3,16,18H2,1-2H3,(H,29,32)/b28-17-. The minimum absolute atomic E-state index is 0.0663. The number of nitrogens with one attached hydrogen (secondary N) is 1. The minimum atomic E-state index is -0.404. The summed E-state index contributed by atoms with van der Waals surface area (Å²) in [6.07, 6.45) is 1.88. The van der Waals surface area contributed by atoms with Crippen LogP contribution in [0.1, 0.15) is 29.3 Å². The third-order valence-electron chi connectivity index (χ3n) is 5.75. The Morgan fingerprint density at radius 3 is 2.43 bits per heavy atom. The molecule has 0 aliphatic heterocycles. The van der Waals surface area contributed by atoms with Crippen LogP contribution in [0.5, 0.6) is 5.75 Å². The first-order chi connectivity index (χ1) is 17.0.